The van der Waals surface area contributed by atoms with Gasteiger partial charge in [0.25, 0.3) is 0 Å². The Morgan fingerprint density at radius 1 is 1.02 bits per heavy atom. The highest BCUT2D eigenvalue weighted by molar-refractivity contribution is 7.89. The number of ether oxygens (including phenoxy) is 4. The molecule has 11 heteroatoms. The van der Waals surface area contributed by atoms with E-state index < -0.39 is 34.1 Å². The predicted molar refractivity (Wildman–Crippen MR) is 160 cm³/mol. The van der Waals surface area contributed by atoms with Crippen LogP contribution in [0.2, 0.25) is 0 Å². The lowest BCUT2D eigenvalue weighted by atomic mass is 9.90. The molecule has 42 heavy (non-hydrogen) atoms. The van der Waals surface area contributed by atoms with Crippen LogP contribution in [0.4, 0.5) is 0 Å². The lowest BCUT2D eigenvalue weighted by Crippen LogP contribution is -2.43. The molecule has 1 aliphatic heterocycles. The van der Waals surface area contributed by atoms with Crippen LogP contribution in [0.3, 0.4) is 0 Å². The molecule has 0 aliphatic carbocycles. The van der Waals surface area contributed by atoms with Gasteiger partial charge in [0.05, 0.1) is 51.0 Å². The van der Waals surface area contributed by atoms with Gasteiger partial charge in [-0.3, -0.25) is 4.79 Å². The molecule has 234 valence electrons. The van der Waals surface area contributed by atoms with E-state index in [-0.39, 0.29) is 43.5 Å². The van der Waals surface area contributed by atoms with Gasteiger partial charge in [0.2, 0.25) is 10.0 Å². The number of aliphatic hydroxyl groups excluding tert-OH is 1. The highest BCUT2D eigenvalue weighted by Crippen LogP contribution is 2.24. The van der Waals surface area contributed by atoms with Gasteiger partial charge in [-0.05, 0) is 49.2 Å². The first-order valence-corrected chi connectivity index (χ1v) is 15.9. The van der Waals surface area contributed by atoms with Crippen molar-refractivity contribution in [2.75, 3.05) is 66.8 Å². The summed E-state index contributed by atoms with van der Waals surface area (Å²) in [5.74, 6) is -0.523. The summed E-state index contributed by atoms with van der Waals surface area (Å²) in [5, 5.41) is 11.5. The van der Waals surface area contributed by atoms with Gasteiger partial charge in [0, 0.05) is 32.1 Å². The largest absolute Gasteiger partial charge is 0.497 e. The molecule has 0 unspecified atom stereocenters. The summed E-state index contributed by atoms with van der Waals surface area (Å²) in [6.45, 7) is 6.86. The van der Waals surface area contributed by atoms with E-state index in [2.05, 4.69) is 4.90 Å². The van der Waals surface area contributed by atoms with Crippen LogP contribution >= 0.6 is 0 Å². The van der Waals surface area contributed by atoms with E-state index in [0.29, 0.717) is 25.4 Å². The fourth-order valence-electron chi connectivity index (χ4n) is 4.74. The number of esters is 1. The number of carbonyl (C=O) groups excluding carboxylic acids is 1. The van der Waals surface area contributed by atoms with Crippen molar-refractivity contribution in [2.45, 2.75) is 43.8 Å². The molecule has 2 aromatic rings. The molecule has 0 bridgehead atoms. The number of aliphatic hydroxyl groups is 1. The number of nitrogens with zero attached hydrogens (tertiary/aromatic N) is 2. The summed E-state index contributed by atoms with van der Waals surface area (Å²) in [6, 6.07) is 15.7. The van der Waals surface area contributed by atoms with E-state index in [1.807, 2.05) is 51.2 Å². The monoisotopic (exact) mass is 606 g/mol. The van der Waals surface area contributed by atoms with Crippen LogP contribution in [0.1, 0.15) is 25.8 Å². The second kappa shape index (κ2) is 16.9. The zero-order valence-electron chi connectivity index (χ0n) is 25.2. The molecule has 1 saturated heterocycles. The van der Waals surface area contributed by atoms with Gasteiger partial charge in [0.15, 0.2) is 0 Å². The van der Waals surface area contributed by atoms with Gasteiger partial charge in [0.1, 0.15) is 11.9 Å². The molecule has 0 saturated carbocycles. The van der Waals surface area contributed by atoms with Crippen LogP contribution in [-0.2, 0) is 35.4 Å². The maximum Gasteiger partial charge on any atom is 0.306 e. The van der Waals surface area contributed by atoms with Crippen LogP contribution in [0.15, 0.2) is 59.5 Å². The van der Waals surface area contributed by atoms with E-state index in [0.717, 1.165) is 18.7 Å². The van der Waals surface area contributed by atoms with Crippen molar-refractivity contribution in [2.24, 2.45) is 11.8 Å². The highest BCUT2D eigenvalue weighted by atomic mass is 32.2. The molecule has 3 rings (SSSR count). The predicted octanol–water partition coefficient (Wildman–Crippen LogP) is 2.84. The molecular formula is C31H46N2O8S. The first-order valence-electron chi connectivity index (χ1n) is 14.5. The standard InChI is InChI=1S/C31H46N2O8S/c1-24(2)20-33(42(36,37)29-12-10-27(38-4)11-13-29)21-30(34)26(18-25-8-6-5-7-9-25)19-31(35)41-28-22-39-16-14-32(3)15-17-40-23-28/h5-13,24,26,28,30,34H,14-23H2,1-4H3/t26-,30-/m1/s1. The van der Waals surface area contributed by atoms with Crippen LogP contribution < -0.4 is 4.74 Å². The average molecular weight is 607 g/mol. The molecule has 0 radical (unpaired) electrons. The SMILES string of the molecule is COc1ccc(S(=O)(=O)N(CC(C)C)C[C@@H](O)[C@@H](CC(=O)OC2COCCN(C)CCOC2)Cc2ccccc2)cc1. The Morgan fingerprint density at radius 3 is 2.21 bits per heavy atom. The Kier molecular flexibility index (Phi) is 13.7. The number of hydrogen-bond donors (Lipinski definition) is 1. The van der Waals surface area contributed by atoms with Crippen molar-refractivity contribution in [1.82, 2.24) is 9.21 Å². The quantitative estimate of drug-likeness (QED) is 0.344. The maximum atomic E-state index is 13.7. The number of sulfonamides is 1. The zero-order chi connectivity index (χ0) is 30.5. The minimum atomic E-state index is -3.93. The van der Waals surface area contributed by atoms with Gasteiger partial charge < -0.3 is 29.0 Å². The third kappa shape index (κ3) is 10.9. The normalized spacial score (nSPS) is 17.6. The van der Waals surface area contributed by atoms with Gasteiger partial charge in [-0.1, -0.05) is 44.2 Å². The summed E-state index contributed by atoms with van der Waals surface area (Å²) >= 11 is 0. The molecule has 2 atom stereocenters. The van der Waals surface area contributed by atoms with Crippen LogP contribution in [0.25, 0.3) is 0 Å². The highest BCUT2D eigenvalue weighted by Gasteiger charge is 2.32. The van der Waals surface area contributed by atoms with Crippen LogP contribution in [-0.4, -0.2) is 108 Å². The Balaban J connectivity index is 1.76. The Bertz CT molecular complexity index is 1170. The first-order chi connectivity index (χ1) is 20.1. The molecule has 1 heterocycles. The first kappa shape index (κ1) is 34.0. The third-order valence-corrected chi connectivity index (χ3v) is 8.96. The third-order valence-electron chi connectivity index (χ3n) is 7.11. The van der Waals surface area contributed by atoms with E-state index in [1.165, 1.54) is 23.5 Å². The zero-order valence-corrected chi connectivity index (χ0v) is 26.0. The van der Waals surface area contributed by atoms with Crippen molar-refractivity contribution < 1.29 is 37.3 Å². The van der Waals surface area contributed by atoms with Crippen molar-refractivity contribution in [3.63, 3.8) is 0 Å². The molecule has 2 aromatic carbocycles. The van der Waals surface area contributed by atoms with Crippen molar-refractivity contribution in [3.8, 4) is 5.75 Å². The topological polar surface area (TPSA) is 115 Å². The Hall–Kier alpha value is -2.54. The number of methoxy groups -OCH3 is 1. The van der Waals surface area contributed by atoms with Crippen molar-refractivity contribution >= 4 is 16.0 Å². The second-order valence-electron chi connectivity index (χ2n) is 11.2. The molecular weight excluding hydrogens is 560 g/mol. The van der Waals surface area contributed by atoms with E-state index in [9.17, 15) is 18.3 Å². The van der Waals surface area contributed by atoms with E-state index in [1.54, 1.807) is 12.1 Å². The van der Waals surface area contributed by atoms with E-state index in [4.69, 9.17) is 18.9 Å². The van der Waals surface area contributed by atoms with Gasteiger partial charge >= 0.3 is 5.97 Å². The van der Waals surface area contributed by atoms with Crippen molar-refractivity contribution in [1.29, 1.82) is 0 Å². The summed E-state index contributed by atoms with van der Waals surface area (Å²) in [4.78, 5) is 15.4. The Labute approximate surface area is 250 Å². The fourth-order valence-corrected chi connectivity index (χ4v) is 6.36. The number of carbonyl (C=O) groups is 1. The molecule has 1 aliphatic rings. The molecule has 0 amide bonds. The number of rotatable bonds is 13. The minimum absolute atomic E-state index is 0.00940. The molecule has 0 aromatic heterocycles. The van der Waals surface area contributed by atoms with Crippen molar-refractivity contribution in [3.05, 3.63) is 60.2 Å². The number of benzene rings is 2. The van der Waals surface area contributed by atoms with Gasteiger partial charge in [-0.15, -0.1) is 0 Å². The average Bonchev–Trinajstić information content (AvgIpc) is 2.97. The summed E-state index contributed by atoms with van der Waals surface area (Å²) in [6.07, 6.45) is -1.41. The second-order valence-corrected chi connectivity index (χ2v) is 13.1. The number of hydrogen-bond acceptors (Lipinski definition) is 9. The molecule has 0 spiro atoms. The molecule has 10 nitrogen and oxygen atoms in total. The van der Waals surface area contributed by atoms with Crippen LogP contribution in [0.5, 0.6) is 5.75 Å². The lowest BCUT2D eigenvalue weighted by Gasteiger charge is -2.30. The smallest absolute Gasteiger partial charge is 0.306 e. The summed E-state index contributed by atoms with van der Waals surface area (Å²) in [7, 11) is -0.417. The molecule has 1 N–H and O–H groups in total. The lowest BCUT2D eigenvalue weighted by molar-refractivity contribution is -0.159. The minimum Gasteiger partial charge on any atom is -0.497 e. The maximum absolute atomic E-state index is 13.7. The van der Waals surface area contributed by atoms with Gasteiger partial charge in [-0.25, -0.2) is 8.42 Å². The summed E-state index contributed by atoms with van der Waals surface area (Å²) in [5.41, 5.74) is 0.928. The number of likely N-dealkylation sites (N-methyl/N-ethyl adjacent to an activating group) is 1. The van der Waals surface area contributed by atoms with Crippen LogP contribution in [0, 0.1) is 11.8 Å². The van der Waals surface area contributed by atoms with E-state index >= 15 is 0 Å². The molecule has 1 fully saturated rings. The summed E-state index contributed by atoms with van der Waals surface area (Å²) < 4.78 is 50.9. The Morgan fingerprint density at radius 2 is 1.64 bits per heavy atom. The fraction of sp³-hybridized carbons (Fsp3) is 0.581. The van der Waals surface area contributed by atoms with Gasteiger partial charge in [-0.2, -0.15) is 4.31 Å².